The first-order chi connectivity index (χ1) is 13.8. The van der Waals surface area contributed by atoms with Gasteiger partial charge in [0.2, 0.25) is 5.91 Å². The van der Waals surface area contributed by atoms with Crippen LogP contribution in [0.15, 0.2) is 42.5 Å². The van der Waals surface area contributed by atoms with Gasteiger partial charge in [-0.05, 0) is 37.3 Å². The van der Waals surface area contributed by atoms with E-state index in [2.05, 4.69) is 10.6 Å². The molecule has 0 saturated carbocycles. The highest BCUT2D eigenvalue weighted by Gasteiger charge is 2.40. The Labute approximate surface area is 177 Å². The number of carbonyl (C=O) groups is 4. The Hall–Kier alpha value is -2.90. The van der Waals surface area contributed by atoms with E-state index in [1.807, 2.05) is 0 Å². The maximum Gasteiger partial charge on any atom is 0.262 e. The van der Waals surface area contributed by atoms with Gasteiger partial charge in [0.15, 0.2) is 0 Å². The van der Waals surface area contributed by atoms with Crippen LogP contribution >= 0.6 is 23.2 Å². The largest absolute Gasteiger partial charge is 0.353 e. The third-order valence-electron chi connectivity index (χ3n) is 4.48. The predicted octanol–water partition coefficient (Wildman–Crippen LogP) is 2.52. The number of hydrogen-bond acceptors (Lipinski definition) is 4. The molecule has 0 fully saturated rings. The van der Waals surface area contributed by atoms with E-state index in [1.54, 1.807) is 24.3 Å². The summed E-state index contributed by atoms with van der Waals surface area (Å²) in [6.45, 7) is 1.75. The van der Waals surface area contributed by atoms with Gasteiger partial charge < -0.3 is 10.6 Å². The normalized spacial score (nSPS) is 13.8. The highest BCUT2D eigenvalue weighted by Crippen LogP contribution is 2.24. The number of imide groups is 1. The van der Waals surface area contributed by atoms with E-state index in [0.717, 1.165) is 4.90 Å². The second kappa shape index (κ2) is 8.63. The zero-order chi connectivity index (χ0) is 21.1. The maximum absolute atomic E-state index is 12.4. The summed E-state index contributed by atoms with van der Waals surface area (Å²) in [7, 11) is 0. The van der Waals surface area contributed by atoms with E-state index in [0.29, 0.717) is 10.6 Å². The molecule has 1 aliphatic rings. The molecule has 0 radical (unpaired) electrons. The molecule has 9 heteroatoms. The molecule has 1 aliphatic heterocycles. The van der Waals surface area contributed by atoms with E-state index in [9.17, 15) is 19.2 Å². The topological polar surface area (TPSA) is 95.6 Å². The number of fused-ring (bicyclic) bond motifs is 1. The van der Waals surface area contributed by atoms with E-state index in [4.69, 9.17) is 23.2 Å². The molecular weight excluding hydrogens is 417 g/mol. The summed E-state index contributed by atoms with van der Waals surface area (Å²) in [5.74, 6) is -1.86. The van der Waals surface area contributed by atoms with Crippen molar-refractivity contribution in [2.75, 3.05) is 13.1 Å². The lowest BCUT2D eigenvalue weighted by molar-refractivity contribution is -0.124. The number of halogens is 2. The monoisotopic (exact) mass is 433 g/mol. The molecule has 150 valence electrons. The number of rotatable bonds is 6. The number of carbonyl (C=O) groups excluding carboxylic acids is 4. The molecule has 0 saturated heterocycles. The molecule has 0 bridgehead atoms. The van der Waals surface area contributed by atoms with Gasteiger partial charge in [0.1, 0.15) is 6.04 Å². The van der Waals surface area contributed by atoms with Gasteiger partial charge in [0.25, 0.3) is 17.7 Å². The zero-order valence-electron chi connectivity index (χ0n) is 15.4. The fourth-order valence-corrected chi connectivity index (χ4v) is 3.22. The van der Waals surface area contributed by atoms with Crippen LogP contribution in [0.1, 0.15) is 38.0 Å². The van der Waals surface area contributed by atoms with Crippen molar-refractivity contribution in [3.63, 3.8) is 0 Å². The lowest BCUT2D eigenvalue weighted by atomic mass is 10.1. The molecular formula is C20H17Cl2N3O4. The Morgan fingerprint density at radius 2 is 1.52 bits per heavy atom. The van der Waals surface area contributed by atoms with Gasteiger partial charge in [-0.25, -0.2) is 0 Å². The fourth-order valence-electron chi connectivity index (χ4n) is 2.93. The van der Waals surface area contributed by atoms with Crippen molar-refractivity contribution in [3.8, 4) is 0 Å². The molecule has 1 heterocycles. The zero-order valence-corrected chi connectivity index (χ0v) is 16.9. The average Bonchev–Trinajstić information content (AvgIpc) is 2.97. The number of amides is 4. The molecule has 2 N–H and O–H groups in total. The molecule has 0 aromatic heterocycles. The minimum atomic E-state index is -0.979. The van der Waals surface area contributed by atoms with Gasteiger partial charge in [-0.3, -0.25) is 24.1 Å². The van der Waals surface area contributed by atoms with Crippen LogP contribution in [0.5, 0.6) is 0 Å². The minimum Gasteiger partial charge on any atom is -0.353 e. The summed E-state index contributed by atoms with van der Waals surface area (Å²) in [4.78, 5) is 50.2. The van der Waals surface area contributed by atoms with Crippen LogP contribution in [-0.4, -0.2) is 47.7 Å². The first-order valence-corrected chi connectivity index (χ1v) is 9.54. The van der Waals surface area contributed by atoms with E-state index in [1.165, 1.54) is 25.1 Å². The molecule has 2 aromatic carbocycles. The van der Waals surface area contributed by atoms with Gasteiger partial charge in [0, 0.05) is 18.7 Å². The number of nitrogens with zero attached hydrogens (tertiary/aromatic N) is 1. The van der Waals surface area contributed by atoms with Gasteiger partial charge >= 0.3 is 0 Å². The SMILES string of the molecule is CC(C(=O)NCCNC(=O)c1ccc(Cl)c(Cl)c1)N1C(=O)c2ccccc2C1=O. The lowest BCUT2D eigenvalue weighted by Crippen LogP contribution is -2.49. The Morgan fingerprint density at radius 1 is 0.931 bits per heavy atom. The molecule has 1 unspecified atom stereocenters. The third-order valence-corrected chi connectivity index (χ3v) is 5.22. The summed E-state index contributed by atoms with van der Waals surface area (Å²) >= 11 is 11.7. The van der Waals surface area contributed by atoms with Crippen molar-refractivity contribution in [2.45, 2.75) is 13.0 Å². The van der Waals surface area contributed by atoms with E-state index in [-0.39, 0.29) is 35.1 Å². The summed E-state index contributed by atoms with van der Waals surface area (Å²) in [5, 5.41) is 5.86. The molecule has 29 heavy (non-hydrogen) atoms. The standard InChI is InChI=1S/C20H17Cl2N3O4/c1-11(25-19(28)13-4-2-3-5-14(13)20(25)29)17(26)23-8-9-24-18(27)12-6-7-15(21)16(22)10-12/h2-7,10-11H,8-9H2,1H3,(H,23,26)(H,24,27). The van der Waals surface area contributed by atoms with E-state index >= 15 is 0 Å². The van der Waals surface area contributed by atoms with Crippen molar-refractivity contribution in [3.05, 3.63) is 69.2 Å². The first kappa shape index (κ1) is 20.8. The number of nitrogens with one attached hydrogen (secondary N) is 2. The fraction of sp³-hybridized carbons (Fsp3) is 0.200. The Morgan fingerprint density at radius 3 is 2.10 bits per heavy atom. The summed E-state index contributed by atoms with van der Waals surface area (Å²) in [6.07, 6.45) is 0. The quantitative estimate of drug-likeness (QED) is 0.540. The highest BCUT2D eigenvalue weighted by atomic mass is 35.5. The molecule has 2 aromatic rings. The Kier molecular flexibility index (Phi) is 6.20. The van der Waals surface area contributed by atoms with Crippen LogP contribution in [0.25, 0.3) is 0 Å². The van der Waals surface area contributed by atoms with Gasteiger partial charge in [-0.2, -0.15) is 0 Å². The van der Waals surface area contributed by atoms with Crippen molar-refractivity contribution in [1.82, 2.24) is 15.5 Å². The smallest absolute Gasteiger partial charge is 0.262 e. The second-order valence-electron chi connectivity index (χ2n) is 6.38. The number of benzene rings is 2. The number of hydrogen-bond donors (Lipinski definition) is 2. The van der Waals surface area contributed by atoms with Crippen LogP contribution in [0.2, 0.25) is 10.0 Å². The lowest BCUT2D eigenvalue weighted by Gasteiger charge is -2.21. The average molecular weight is 434 g/mol. The molecule has 1 atom stereocenters. The third kappa shape index (κ3) is 4.26. The van der Waals surface area contributed by atoms with Crippen LogP contribution in [0, 0.1) is 0 Å². The minimum absolute atomic E-state index is 0.124. The summed E-state index contributed by atoms with van der Waals surface area (Å²) in [5.41, 5.74) is 0.905. The van der Waals surface area contributed by atoms with Gasteiger partial charge in [-0.1, -0.05) is 35.3 Å². The predicted molar refractivity (Wildman–Crippen MR) is 108 cm³/mol. The maximum atomic E-state index is 12.4. The van der Waals surface area contributed by atoms with Crippen LogP contribution in [0.3, 0.4) is 0 Å². The van der Waals surface area contributed by atoms with Crippen LogP contribution in [-0.2, 0) is 4.79 Å². The summed E-state index contributed by atoms with van der Waals surface area (Å²) < 4.78 is 0. The molecule has 7 nitrogen and oxygen atoms in total. The van der Waals surface area contributed by atoms with Crippen molar-refractivity contribution in [1.29, 1.82) is 0 Å². The Bertz CT molecular complexity index is 974. The molecule has 0 aliphatic carbocycles. The first-order valence-electron chi connectivity index (χ1n) is 8.79. The van der Waals surface area contributed by atoms with Crippen molar-refractivity contribution < 1.29 is 19.2 Å². The molecule has 0 spiro atoms. The van der Waals surface area contributed by atoms with Crippen molar-refractivity contribution >= 4 is 46.8 Å². The molecule has 4 amide bonds. The summed E-state index contributed by atoms with van der Waals surface area (Å²) in [6, 6.07) is 9.95. The van der Waals surface area contributed by atoms with Gasteiger partial charge in [-0.15, -0.1) is 0 Å². The Balaban J connectivity index is 1.51. The second-order valence-corrected chi connectivity index (χ2v) is 7.19. The highest BCUT2D eigenvalue weighted by molar-refractivity contribution is 6.42. The van der Waals surface area contributed by atoms with Crippen LogP contribution < -0.4 is 10.6 Å². The van der Waals surface area contributed by atoms with E-state index < -0.39 is 23.8 Å². The van der Waals surface area contributed by atoms with Crippen LogP contribution in [0.4, 0.5) is 0 Å². The molecule has 3 rings (SSSR count). The van der Waals surface area contributed by atoms with Gasteiger partial charge in [0.05, 0.1) is 21.2 Å². The van der Waals surface area contributed by atoms with Crippen molar-refractivity contribution in [2.24, 2.45) is 0 Å².